The minimum Gasteiger partial charge on any atom is -0.343 e. The van der Waals surface area contributed by atoms with Crippen molar-refractivity contribution in [1.82, 2.24) is 15.5 Å². The van der Waals surface area contributed by atoms with Gasteiger partial charge in [-0.2, -0.15) is 4.98 Å². The summed E-state index contributed by atoms with van der Waals surface area (Å²) in [5.41, 5.74) is 0. The van der Waals surface area contributed by atoms with Crippen LogP contribution in [-0.4, -0.2) is 16.2 Å². The third kappa shape index (κ3) is 2.56. The van der Waals surface area contributed by atoms with Crippen molar-refractivity contribution < 1.29 is 4.52 Å². The van der Waals surface area contributed by atoms with Crippen LogP contribution in [0.5, 0.6) is 0 Å². The number of aromatic nitrogens is 2. The maximum absolute atomic E-state index is 4.70. The van der Waals surface area contributed by atoms with Crippen LogP contribution in [-0.2, 0) is 6.54 Å². The summed E-state index contributed by atoms with van der Waals surface area (Å²) in [5, 5.41) is 7.32. The van der Waals surface area contributed by atoms with Crippen LogP contribution in [0.3, 0.4) is 0 Å². The maximum atomic E-state index is 4.70. The van der Waals surface area contributed by atoms with E-state index in [0.717, 1.165) is 24.2 Å². The molecule has 0 saturated heterocycles. The van der Waals surface area contributed by atoms with Crippen molar-refractivity contribution in [3.63, 3.8) is 0 Å². The van der Waals surface area contributed by atoms with Gasteiger partial charge in [-0.1, -0.05) is 31.8 Å². The molecule has 2 rings (SSSR count). The summed E-state index contributed by atoms with van der Waals surface area (Å²) in [6.07, 6.45) is 5.34. The standard InChI is InChI=1S/C11H19N3O/c1-8-4-3-5-10(9(8)2)12-6-11-13-7-15-14-11/h7-10,12H,3-6H2,1-2H3. The Kier molecular flexibility index (Phi) is 3.36. The SMILES string of the molecule is CC1CCCC(NCc2ncon2)C1C. The van der Waals surface area contributed by atoms with Gasteiger partial charge in [0.15, 0.2) is 5.82 Å². The Morgan fingerprint density at radius 1 is 1.47 bits per heavy atom. The van der Waals surface area contributed by atoms with Gasteiger partial charge < -0.3 is 9.84 Å². The number of rotatable bonds is 3. The molecule has 84 valence electrons. The van der Waals surface area contributed by atoms with Gasteiger partial charge in [-0.25, -0.2) is 0 Å². The Balaban J connectivity index is 1.83. The molecule has 1 fully saturated rings. The van der Waals surface area contributed by atoms with Gasteiger partial charge in [0, 0.05) is 6.04 Å². The van der Waals surface area contributed by atoms with Crippen molar-refractivity contribution in [2.45, 2.75) is 45.7 Å². The zero-order valence-electron chi connectivity index (χ0n) is 9.44. The predicted octanol–water partition coefficient (Wildman–Crippen LogP) is 1.98. The number of hydrogen-bond acceptors (Lipinski definition) is 4. The van der Waals surface area contributed by atoms with Gasteiger partial charge in [0.1, 0.15) is 0 Å². The van der Waals surface area contributed by atoms with E-state index in [-0.39, 0.29) is 0 Å². The Bertz CT molecular complexity index is 286. The van der Waals surface area contributed by atoms with Crippen molar-refractivity contribution >= 4 is 0 Å². The van der Waals surface area contributed by atoms with E-state index in [4.69, 9.17) is 4.52 Å². The zero-order valence-corrected chi connectivity index (χ0v) is 9.44. The third-order valence-corrected chi connectivity index (χ3v) is 3.64. The second kappa shape index (κ2) is 4.75. The Labute approximate surface area is 90.4 Å². The van der Waals surface area contributed by atoms with Crippen molar-refractivity contribution in [3.05, 3.63) is 12.2 Å². The molecule has 1 aromatic heterocycles. The number of nitrogens with zero attached hydrogens (tertiary/aromatic N) is 2. The second-order valence-corrected chi connectivity index (χ2v) is 4.60. The molecule has 0 aromatic carbocycles. The Morgan fingerprint density at radius 2 is 2.33 bits per heavy atom. The zero-order chi connectivity index (χ0) is 10.7. The minimum atomic E-state index is 0.604. The highest BCUT2D eigenvalue weighted by molar-refractivity contribution is 4.85. The van der Waals surface area contributed by atoms with Crippen LogP contribution >= 0.6 is 0 Å². The van der Waals surface area contributed by atoms with Crippen LogP contribution in [0.2, 0.25) is 0 Å². The molecule has 0 aliphatic heterocycles. The lowest BCUT2D eigenvalue weighted by molar-refractivity contribution is 0.204. The van der Waals surface area contributed by atoms with Gasteiger partial charge in [0.2, 0.25) is 6.39 Å². The monoisotopic (exact) mass is 209 g/mol. The first-order valence-corrected chi connectivity index (χ1v) is 5.76. The highest BCUT2D eigenvalue weighted by atomic mass is 16.5. The van der Waals surface area contributed by atoms with Crippen LogP contribution in [0.25, 0.3) is 0 Å². The first-order chi connectivity index (χ1) is 7.27. The molecule has 1 aromatic rings. The van der Waals surface area contributed by atoms with E-state index in [2.05, 4.69) is 29.3 Å². The molecule has 3 unspecified atom stereocenters. The van der Waals surface area contributed by atoms with E-state index in [9.17, 15) is 0 Å². The molecule has 1 aliphatic rings. The van der Waals surface area contributed by atoms with E-state index in [1.165, 1.54) is 25.7 Å². The average molecular weight is 209 g/mol. The van der Waals surface area contributed by atoms with Crippen molar-refractivity contribution in [2.24, 2.45) is 11.8 Å². The van der Waals surface area contributed by atoms with Crippen molar-refractivity contribution in [3.8, 4) is 0 Å². The number of nitrogens with one attached hydrogen (secondary N) is 1. The van der Waals surface area contributed by atoms with Gasteiger partial charge in [-0.05, 0) is 18.3 Å². The first kappa shape index (κ1) is 10.6. The van der Waals surface area contributed by atoms with Gasteiger partial charge in [0.25, 0.3) is 0 Å². The summed E-state index contributed by atoms with van der Waals surface area (Å²) in [6.45, 7) is 5.39. The quantitative estimate of drug-likeness (QED) is 0.827. The lowest BCUT2D eigenvalue weighted by atomic mass is 9.78. The van der Waals surface area contributed by atoms with Gasteiger partial charge in [0.05, 0.1) is 6.54 Å². The van der Waals surface area contributed by atoms with Crippen LogP contribution in [0.1, 0.15) is 38.9 Å². The molecular formula is C11H19N3O. The lowest BCUT2D eigenvalue weighted by Gasteiger charge is -2.34. The molecule has 1 saturated carbocycles. The molecule has 4 heteroatoms. The summed E-state index contributed by atoms with van der Waals surface area (Å²) < 4.78 is 4.70. The van der Waals surface area contributed by atoms with Crippen LogP contribution in [0.4, 0.5) is 0 Å². The largest absolute Gasteiger partial charge is 0.343 e. The van der Waals surface area contributed by atoms with E-state index < -0.39 is 0 Å². The molecule has 15 heavy (non-hydrogen) atoms. The second-order valence-electron chi connectivity index (χ2n) is 4.60. The highest BCUT2D eigenvalue weighted by Gasteiger charge is 2.26. The van der Waals surface area contributed by atoms with E-state index in [0.29, 0.717) is 6.04 Å². The van der Waals surface area contributed by atoms with Gasteiger partial charge in [-0.15, -0.1) is 0 Å². The molecule has 1 N–H and O–H groups in total. The fourth-order valence-electron chi connectivity index (χ4n) is 2.36. The summed E-state index contributed by atoms with van der Waals surface area (Å²) in [7, 11) is 0. The molecule has 0 spiro atoms. The molecule has 1 heterocycles. The Hall–Kier alpha value is -0.900. The smallest absolute Gasteiger partial charge is 0.213 e. The summed E-state index contributed by atoms with van der Waals surface area (Å²) in [5.74, 6) is 2.31. The Morgan fingerprint density at radius 3 is 3.07 bits per heavy atom. The van der Waals surface area contributed by atoms with Gasteiger partial charge >= 0.3 is 0 Å². The lowest BCUT2D eigenvalue weighted by Crippen LogP contribution is -2.40. The summed E-state index contributed by atoms with van der Waals surface area (Å²) in [4.78, 5) is 4.00. The molecule has 0 amide bonds. The van der Waals surface area contributed by atoms with Crippen LogP contribution < -0.4 is 5.32 Å². The van der Waals surface area contributed by atoms with Gasteiger partial charge in [-0.3, -0.25) is 0 Å². The van der Waals surface area contributed by atoms with E-state index in [1.807, 2.05) is 0 Å². The molecular weight excluding hydrogens is 190 g/mol. The molecule has 1 aliphatic carbocycles. The fraction of sp³-hybridized carbons (Fsp3) is 0.818. The molecule has 3 atom stereocenters. The average Bonchev–Trinajstić information content (AvgIpc) is 2.73. The maximum Gasteiger partial charge on any atom is 0.213 e. The number of hydrogen-bond donors (Lipinski definition) is 1. The molecule has 0 radical (unpaired) electrons. The third-order valence-electron chi connectivity index (χ3n) is 3.64. The van der Waals surface area contributed by atoms with Crippen molar-refractivity contribution in [1.29, 1.82) is 0 Å². The summed E-state index contributed by atoms with van der Waals surface area (Å²) >= 11 is 0. The first-order valence-electron chi connectivity index (χ1n) is 5.76. The van der Waals surface area contributed by atoms with E-state index >= 15 is 0 Å². The highest BCUT2D eigenvalue weighted by Crippen LogP contribution is 2.29. The molecule has 4 nitrogen and oxygen atoms in total. The van der Waals surface area contributed by atoms with Crippen molar-refractivity contribution in [2.75, 3.05) is 0 Å². The van der Waals surface area contributed by atoms with E-state index in [1.54, 1.807) is 0 Å². The van der Waals surface area contributed by atoms with Crippen LogP contribution in [0.15, 0.2) is 10.9 Å². The topological polar surface area (TPSA) is 51.0 Å². The van der Waals surface area contributed by atoms with Crippen LogP contribution in [0, 0.1) is 11.8 Å². The predicted molar refractivity (Wildman–Crippen MR) is 57.1 cm³/mol. The molecule has 0 bridgehead atoms. The fourth-order valence-corrected chi connectivity index (χ4v) is 2.36. The normalized spacial score (nSPS) is 31.7. The summed E-state index contributed by atoms with van der Waals surface area (Å²) in [6, 6.07) is 0.604. The minimum absolute atomic E-state index is 0.604.